The van der Waals surface area contributed by atoms with Crippen molar-refractivity contribution in [3.05, 3.63) is 35.8 Å². The zero-order chi connectivity index (χ0) is 12.3. The summed E-state index contributed by atoms with van der Waals surface area (Å²) in [7, 11) is 1.94. The predicted molar refractivity (Wildman–Crippen MR) is 69.8 cm³/mol. The summed E-state index contributed by atoms with van der Waals surface area (Å²) in [5.74, 6) is 2.12. The highest BCUT2D eigenvalue weighted by Crippen LogP contribution is 2.28. The topological polar surface area (TPSA) is 28.4 Å². The van der Waals surface area contributed by atoms with Crippen molar-refractivity contribution in [2.24, 2.45) is 0 Å². The van der Waals surface area contributed by atoms with Gasteiger partial charge in [0.1, 0.15) is 11.5 Å². The van der Waals surface area contributed by atoms with E-state index >= 15 is 0 Å². The van der Waals surface area contributed by atoms with Crippen molar-refractivity contribution in [2.75, 3.05) is 13.6 Å². The quantitative estimate of drug-likeness (QED) is 0.735. The Bertz CT molecular complexity index is 380. The maximum absolute atomic E-state index is 5.87. The van der Waals surface area contributed by atoms with Crippen LogP contribution < -0.4 is 5.32 Å². The fourth-order valence-electron chi connectivity index (χ4n) is 2.15. The van der Waals surface area contributed by atoms with E-state index in [1.54, 1.807) is 0 Å². The molecule has 1 aliphatic rings. The Labute approximate surface area is 103 Å². The van der Waals surface area contributed by atoms with Crippen molar-refractivity contribution in [3.8, 4) is 0 Å². The first-order valence-electron chi connectivity index (χ1n) is 6.32. The van der Waals surface area contributed by atoms with Crippen LogP contribution in [-0.2, 0) is 13.1 Å². The highest BCUT2D eigenvalue weighted by Gasteiger charge is 2.28. The molecule has 3 heteroatoms. The highest BCUT2D eigenvalue weighted by atomic mass is 16.3. The van der Waals surface area contributed by atoms with E-state index in [0.29, 0.717) is 0 Å². The normalized spacial score (nSPS) is 15.5. The third kappa shape index (κ3) is 3.20. The maximum atomic E-state index is 5.87. The molecule has 3 nitrogen and oxygen atoms in total. The van der Waals surface area contributed by atoms with Crippen LogP contribution in [0.25, 0.3) is 0 Å². The second-order valence-electron chi connectivity index (χ2n) is 4.80. The lowest BCUT2D eigenvalue weighted by atomic mass is 10.2. The molecule has 1 aromatic rings. The number of nitrogens with one attached hydrogen (secondary N) is 1. The molecule has 1 heterocycles. The molecule has 1 N–H and O–H groups in total. The van der Waals surface area contributed by atoms with Crippen molar-refractivity contribution >= 4 is 0 Å². The molecule has 1 saturated carbocycles. The molecule has 0 aromatic carbocycles. The summed E-state index contributed by atoms with van der Waals surface area (Å²) in [4.78, 5) is 2.44. The van der Waals surface area contributed by atoms with Gasteiger partial charge in [0, 0.05) is 12.6 Å². The fourth-order valence-corrected chi connectivity index (χ4v) is 2.15. The molecule has 2 rings (SSSR count). The summed E-state index contributed by atoms with van der Waals surface area (Å²) in [6, 6.07) is 2.90. The third-order valence-electron chi connectivity index (χ3n) is 3.19. The van der Waals surface area contributed by atoms with Gasteiger partial charge in [0.25, 0.3) is 0 Å². The average molecular weight is 234 g/mol. The van der Waals surface area contributed by atoms with E-state index in [9.17, 15) is 0 Å². The van der Waals surface area contributed by atoms with E-state index in [1.165, 1.54) is 18.4 Å². The molecule has 1 aromatic heterocycles. The summed E-state index contributed by atoms with van der Waals surface area (Å²) >= 11 is 0. The molecule has 0 radical (unpaired) electrons. The van der Waals surface area contributed by atoms with Gasteiger partial charge in [-0.05, 0) is 38.4 Å². The SMILES string of the molecule is C=CCN(Cc1cc(C)c(CNC)o1)C1CC1. The van der Waals surface area contributed by atoms with Crippen LogP contribution in [0.2, 0.25) is 0 Å². The van der Waals surface area contributed by atoms with Gasteiger partial charge in [-0.1, -0.05) is 6.08 Å². The van der Waals surface area contributed by atoms with Gasteiger partial charge in [0.2, 0.25) is 0 Å². The number of aryl methyl sites for hydroxylation is 1. The third-order valence-corrected chi connectivity index (χ3v) is 3.19. The zero-order valence-electron chi connectivity index (χ0n) is 10.8. The Hall–Kier alpha value is -1.06. The first-order chi connectivity index (χ1) is 8.24. The van der Waals surface area contributed by atoms with Crippen LogP contribution in [0, 0.1) is 6.92 Å². The standard InChI is InChI=1S/C14H22N2O/c1-4-7-16(12-5-6-12)10-13-8-11(2)14(17-13)9-15-3/h4,8,12,15H,1,5-7,9-10H2,2-3H3. The molecule has 94 valence electrons. The van der Waals surface area contributed by atoms with Gasteiger partial charge in [0.05, 0.1) is 13.1 Å². The molecule has 0 aliphatic heterocycles. The number of rotatable bonds is 7. The molecule has 17 heavy (non-hydrogen) atoms. The van der Waals surface area contributed by atoms with E-state index in [2.05, 4.69) is 29.8 Å². The van der Waals surface area contributed by atoms with Gasteiger partial charge in [0.15, 0.2) is 0 Å². The molecule has 0 amide bonds. The number of hydrogen-bond acceptors (Lipinski definition) is 3. The van der Waals surface area contributed by atoms with Gasteiger partial charge < -0.3 is 9.73 Å². The second kappa shape index (κ2) is 5.52. The van der Waals surface area contributed by atoms with Crippen LogP contribution in [0.5, 0.6) is 0 Å². The highest BCUT2D eigenvalue weighted by molar-refractivity contribution is 5.20. The average Bonchev–Trinajstić information content (AvgIpc) is 3.07. The van der Waals surface area contributed by atoms with Crippen molar-refractivity contribution in [1.82, 2.24) is 10.2 Å². The summed E-state index contributed by atoms with van der Waals surface area (Å²) in [6.45, 7) is 8.58. The van der Waals surface area contributed by atoms with Crippen LogP contribution in [0.15, 0.2) is 23.1 Å². The van der Waals surface area contributed by atoms with Crippen LogP contribution >= 0.6 is 0 Å². The van der Waals surface area contributed by atoms with Crippen LogP contribution in [0.1, 0.15) is 29.9 Å². The molecule has 0 saturated heterocycles. The monoisotopic (exact) mass is 234 g/mol. The molecule has 0 bridgehead atoms. The molecule has 1 fully saturated rings. The van der Waals surface area contributed by atoms with E-state index in [4.69, 9.17) is 4.42 Å². The number of hydrogen-bond donors (Lipinski definition) is 1. The summed E-state index contributed by atoms with van der Waals surface area (Å²) in [5, 5.41) is 3.13. The largest absolute Gasteiger partial charge is 0.463 e. The Morgan fingerprint density at radius 3 is 2.94 bits per heavy atom. The van der Waals surface area contributed by atoms with Gasteiger partial charge >= 0.3 is 0 Å². The maximum Gasteiger partial charge on any atom is 0.120 e. The number of nitrogens with zero attached hydrogens (tertiary/aromatic N) is 1. The Morgan fingerprint density at radius 1 is 1.59 bits per heavy atom. The molecule has 1 aliphatic carbocycles. The lowest BCUT2D eigenvalue weighted by Crippen LogP contribution is -2.25. The Morgan fingerprint density at radius 2 is 2.35 bits per heavy atom. The predicted octanol–water partition coefficient (Wildman–Crippen LogP) is 2.46. The fraction of sp³-hybridized carbons (Fsp3) is 0.571. The van der Waals surface area contributed by atoms with Crippen molar-refractivity contribution in [2.45, 2.75) is 38.9 Å². The summed E-state index contributed by atoms with van der Waals surface area (Å²) in [5.41, 5.74) is 1.24. The van der Waals surface area contributed by atoms with Crippen molar-refractivity contribution < 1.29 is 4.42 Å². The van der Waals surface area contributed by atoms with Gasteiger partial charge in [-0.15, -0.1) is 6.58 Å². The Balaban J connectivity index is 2.00. The summed E-state index contributed by atoms with van der Waals surface area (Å²) in [6.07, 6.45) is 4.61. The molecule has 0 unspecified atom stereocenters. The second-order valence-corrected chi connectivity index (χ2v) is 4.80. The van der Waals surface area contributed by atoms with Gasteiger partial charge in [-0.2, -0.15) is 0 Å². The first-order valence-corrected chi connectivity index (χ1v) is 6.32. The molecule has 0 spiro atoms. The van der Waals surface area contributed by atoms with Gasteiger partial charge in [-0.3, -0.25) is 4.90 Å². The summed E-state index contributed by atoms with van der Waals surface area (Å²) < 4.78 is 5.87. The number of furan rings is 1. The van der Waals surface area contributed by atoms with Crippen LogP contribution in [0.3, 0.4) is 0 Å². The van der Waals surface area contributed by atoms with Crippen LogP contribution in [-0.4, -0.2) is 24.5 Å². The van der Waals surface area contributed by atoms with E-state index in [1.807, 2.05) is 13.1 Å². The minimum absolute atomic E-state index is 0.742. The minimum Gasteiger partial charge on any atom is -0.463 e. The van der Waals surface area contributed by atoms with Crippen LogP contribution in [0.4, 0.5) is 0 Å². The van der Waals surface area contributed by atoms with Crippen molar-refractivity contribution in [1.29, 1.82) is 0 Å². The van der Waals surface area contributed by atoms with Crippen molar-refractivity contribution in [3.63, 3.8) is 0 Å². The van der Waals surface area contributed by atoms with E-state index in [0.717, 1.165) is 37.2 Å². The Kier molecular flexibility index (Phi) is 4.02. The lowest BCUT2D eigenvalue weighted by molar-refractivity contribution is 0.255. The minimum atomic E-state index is 0.742. The molecule has 0 atom stereocenters. The first kappa shape index (κ1) is 12.4. The van der Waals surface area contributed by atoms with E-state index in [-0.39, 0.29) is 0 Å². The van der Waals surface area contributed by atoms with Gasteiger partial charge in [-0.25, -0.2) is 0 Å². The lowest BCUT2D eigenvalue weighted by Gasteiger charge is -2.18. The van der Waals surface area contributed by atoms with E-state index < -0.39 is 0 Å². The molecular weight excluding hydrogens is 212 g/mol. The molecular formula is C14H22N2O. The smallest absolute Gasteiger partial charge is 0.120 e. The zero-order valence-corrected chi connectivity index (χ0v) is 10.8.